The molecule has 1 amide bonds. The van der Waals surface area contributed by atoms with Crippen molar-refractivity contribution in [1.29, 1.82) is 0 Å². The van der Waals surface area contributed by atoms with Gasteiger partial charge in [-0.25, -0.2) is 13.6 Å². The second-order valence-corrected chi connectivity index (χ2v) is 7.84. The number of carboxylic acid groups (broad SMARTS) is 1. The van der Waals surface area contributed by atoms with Crippen molar-refractivity contribution in [3.8, 4) is 0 Å². The summed E-state index contributed by atoms with van der Waals surface area (Å²) in [5.41, 5.74) is 2.03. The van der Waals surface area contributed by atoms with Gasteiger partial charge in [0.2, 0.25) is 5.91 Å². The number of nitrogens with zero attached hydrogens (tertiary/aromatic N) is 1. The van der Waals surface area contributed by atoms with Crippen molar-refractivity contribution in [3.05, 3.63) is 101 Å². The number of amides is 1. The smallest absolute Gasteiger partial charge is 0.335 e. The van der Waals surface area contributed by atoms with Gasteiger partial charge < -0.3 is 10.0 Å². The molecule has 2 aliphatic rings. The quantitative estimate of drug-likeness (QED) is 0.688. The first kappa shape index (κ1) is 18.5. The second-order valence-electron chi connectivity index (χ2n) is 7.84. The van der Waals surface area contributed by atoms with Crippen molar-refractivity contribution < 1.29 is 23.5 Å². The summed E-state index contributed by atoms with van der Waals surface area (Å²) in [5.74, 6) is -2.11. The van der Waals surface area contributed by atoms with Gasteiger partial charge in [-0.05, 0) is 65.6 Å². The number of carboxylic acids is 1. The first-order valence-corrected chi connectivity index (χ1v) is 9.60. The SMILES string of the molecule is O=C(O)c1ccc2c(c1)[C@@]1(C[C@@H]1c1ccc(F)cc1)C(=O)N2Cc1cccc(F)c1. The number of aromatic carboxylic acids is 1. The van der Waals surface area contributed by atoms with E-state index in [1.165, 1.54) is 30.3 Å². The molecule has 1 N–H and O–H groups in total. The predicted molar refractivity (Wildman–Crippen MR) is 106 cm³/mol. The molecule has 0 radical (unpaired) electrons. The molecular formula is C24H17F2NO3. The zero-order valence-electron chi connectivity index (χ0n) is 15.8. The summed E-state index contributed by atoms with van der Waals surface area (Å²) in [5, 5.41) is 9.44. The Bertz CT molecular complexity index is 1190. The Kier molecular flexibility index (Phi) is 4.00. The Labute approximate surface area is 171 Å². The maximum absolute atomic E-state index is 13.7. The third-order valence-electron chi connectivity index (χ3n) is 6.10. The minimum Gasteiger partial charge on any atom is -0.478 e. The Morgan fingerprint density at radius 1 is 1.03 bits per heavy atom. The first-order chi connectivity index (χ1) is 14.4. The van der Waals surface area contributed by atoms with Crippen molar-refractivity contribution in [1.82, 2.24) is 0 Å². The molecule has 1 aliphatic heterocycles. The monoisotopic (exact) mass is 405 g/mol. The van der Waals surface area contributed by atoms with E-state index in [1.54, 1.807) is 41.3 Å². The van der Waals surface area contributed by atoms with E-state index in [0.717, 1.165) is 5.56 Å². The van der Waals surface area contributed by atoms with Crippen LogP contribution in [0.2, 0.25) is 0 Å². The average Bonchev–Trinajstić information content (AvgIpc) is 3.44. The number of hydrogen-bond acceptors (Lipinski definition) is 2. The van der Waals surface area contributed by atoms with E-state index in [0.29, 0.717) is 23.2 Å². The molecule has 150 valence electrons. The molecule has 2 atom stereocenters. The van der Waals surface area contributed by atoms with E-state index >= 15 is 0 Å². The van der Waals surface area contributed by atoms with E-state index in [1.807, 2.05) is 0 Å². The molecule has 0 bridgehead atoms. The molecule has 1 fully saturated rings. The van der Waals surface area contributed by atoms with Gasteiger partial charge in [0, 0.05) is 11.6 Å². The van der Waals surface area contributed by atoms with Gasteiger partial charge in [0.15, 0.2) is 0 Å². The highest BCUT2D eigenvalue weighted by Crippen LogP contribution is 2.66. The molecule has 4 nitrogen and oxygen atoms in total. The molecule has 3 aromatic carbocycles. The van der Waals surface area contributed by atoms with Crippen LogP contribution in [0.3, 0.4) is 0 Å². The summed E-state index contributed by atoms with van der Waals surface area (Å²) < 4.78 is 27.0. The van der Waals surface area contributed by atoms with Crippen LogP contribution in [0.5, 0.6) is 0 Å². The summed E-state index contributed by atoms with van der Waals surface area (Å²) in [7, 11) is 0. The van der Waals surface area contributed by atoms with Gasteiger partial charge >= 0.3 is 5.97 Å². The van der Waals surface area contributed by atoms with E-state index in [-0.39, 0.29) is 35.6 Å². The third kappa shape index (κ3) is 2.71. The Hall–Kier alpha value is -3.54. The minimum absolute atomic E-state index is 0.110. The highest BCUT2D eigenvalue weighted by molar-refractivity contribution is 6.12. The molecule has 0 unspecified atom stereocenters. The molecule has 1 spiro atoms. The van der Waals surface area contributed by atoms with Crippen molar-refractivity contribution >= 4 is 17.6 Å². The van der Waals surface area contributed by atoms with Crippen LogP contribution in [-0.2, 0) is 16.8 Å². The predicted octanol–water partition coefficient (Wildman–Crippen LogP) is 4.64. The topological polar surface area (TPSA) is 57.6 Å². The van der Waals surface area contributed by atoms with Crippen molar-refractivity contribution in [3.63, 3.8) is 0 Å². The molecular weight excluding hydrogens is 388 g/mol. The van der Waals surface area contributed by atoms with Gasteiger partial charge in [-0.2, -0.15) is 0 Å². The zero-order valence-corrected chi connectivity index (χ0v) is 15.8. The summed E-state index contributed by atoms with van der Waals surface area (Å²) >= 11 is 0. The average molecular weight is 405 g/mol. The highest BCUT2D eigenvalue weighted by atomic mass is 19.1. The fraction of sp³-hybridized carbons (Fsp3) is 0.167. The molecule has 0 saturated heterocycles. The van der Waals surface area contributed by atoms with Crippen molar-refractivity contribution in [2.45, 2.75) is 24.3 Å². The minimum atomic E-state index is -1.07. The number of hydrogen-bond donors (Lipinski definition) is 1. The lowest BCUT2D eigenvalue weighted by Crippen LogP contribution is -2.32. The first-order valence-electron chi connectivity index (χ1n) is 9.60. The number of rotatable bonds is 4. The van der Waals surface area contributed by atoms with E-state index < -0.39 is 11.4 Å². The van der Waals surface area contributed by atoms with Crippen LogP contribution in [0.15, 0.2) is 66.7 Å². The van der Waals surface area contributed by atoms with Crippen LogP contribution in [0.4, 0.5) is 14.5 Å². The van der Waals surface area contributed by atoms with Crippen LogP contribution >= 0.6 is 0 Å². The van der Waals surface area contributed by atoms with Gasteiger partial charge in [0.1, 0.15) is 11.6 Å². The lowest BCUT2D eigenvalue weighted by Gasteiger charge is -2.18. The number of halogens is 2. The van der Waals surface area contributed by atoms with Gasteiger partial charge in [0.05, 0.1) is 17.5 Å². The number of carbonyl (C=O) groups is 2. The van der Waals surface area contributed by atoms with Crippen LogP contribution in [0.25, 0.3) is 0 Å². The fourth-order valence-electron chi connectivity index (χ4n) is 4.60. The standard InChI is InChI=1S/C24H17F2NO3/c25-17-7-4-15(5-8-17)20-12-24(20)19-11-16(22(28)29)6-9-21(19)27(23(24)30)13-14-2-1-3-18(26)10-14/h1-11,20H,12-13H2,(H,28,29)/t20-,24-/m1/s1. The lowest BCUT2D eigenvalue weighted by atomic mass is 9.91. The van der Waals surface area contributed by atoms with E-state index in [4.69, 9.17) is 0 Å². The largest absolute Gasteiger partial charge is 0.478 e. The van der Waals surface area contributed by atoms with Gasteiger partial charge in [0.25, 0.3) is 0 Å². The molecule has 1 aliphatic carbocycles. The lowest BCUT2D eigenvalue weighted by molar-refractivity contribution is -0.120. The van der Waals surface area contributed by atoms with E-state index in [2.05, 4.69) is 0 Å². The summed E-state index contributed by atoms with van der Waals surface area (Å²) in [4.78, 5) is 26.7. The van der Waals surface area contributed by atoms with Gasteiger partial charge in [-0.3, -0.25) is 4.79 Å². The van der Waals surface area contributed by atoms with Gasteiger partial charge in [-0.15, -0.1) is 0 Å². The zero-order chi connectivity index (χ0) is 21.0. The summed E-state index contributed by atoms with van der Waals surface area (Å²) in [6, 6.07) is 16.8. The molecule has 5 rings (SSSR count). The number of carbonyl (C=O) groups excluding carboxylic acids is 1. The molecule has 6 heteroatoms. The summed E-state index contributed by atoms with van der Waals surface area (Å²) in [6.45, 7) is 0.188. The summed E-state index contributed by atoms with van der Waals surface area (Å²) in [6.07, 6.45) is 0.521. The van der Waals surface area contributed by atoms with Crippen LogP contribution < -0.4 is 4.90 Å². The molecule has 3 aromatic rings. The van der Waals surface area contributed by atoms with Crippen LogP contribution in [0.1, 0.15) is 39.4 Å². The number of fused-ring (bicyclic) bond motifs is 2. The Balaban J connectivity index is 1.59. The van der Waals surface area contributed by atoms with Crippen LogP contribution in [-0.4, -0.2) is 17.0 Å². The fourth-order valence-corrected chi connectivity index (χ4v) is 4.60. The molecule has 1 saturated carbocycles. The van der Waals surface area contributed by atoms with Crippen molar-refractivity contribution in [2.75, 3.05) is 4.90 Å². The van der Waals surface area contributed by atoms with E-state index in [9.17, 15) is 23.5 Å². The van der Waals surface area contributed by atoms with Gasteiger partial charge in [-0.1, -0.05) is 24.3 Å². The maximum atomic E-state index is 13.7. The number of anilines is 1. The Morgan fingerprint density at radius 2 is 1.80 bits per heavy atom. The van der Waals surface area contributed by atoms with Crippen LogP contribution in [0, 0.1) is 11.6 Å². The maximum Gasteiger partial charge on any atom is 0.335 e. The Morgan fingerprint density at radius 3 is 2.50 bits per heavy atom. The molecule has 1 heterocycles. The second kappa shape index (κ2) is 6.49. The highest BCUT2D eigenvalue weighted by Gasteiger charge is 2.67. The molecule has 30 heavy (non-hydrogen) atoms. The third-order valence-corrected chi connectivity index (χ3v) is 6.10. The van der Waals surface area contributed by atoms with Crippen molar-refractivity contribution in [2.24, 2.45) is 0 Å². The normalized spacial score (nSPS) is 21.7. The number of benzene rings is 3. The molecule has 0 aromatic heterocycles.